The van der Waals surface area contributed by atoms with Gasteiger partial charge in [0.05, 0.1) is 19.1 Å². The third-order valence-corrected chi connectivity index (χ3v) is 4.24. The summed E-state index contributed by atoms with van der Waals surface area (Å²) in [5.74, 6) is 0.445. The highest BCUT2D eigenvalue weighted by atomic mass is 19.1. The van der Waals surface area contributed by atoms with Crippen molar-refractivity contribution in [3.8, 4) is 5.75 Å². The number of rotatable bonds is 7. The smallest absolute Gasteiger partial charge is 0.222 e. The molecular formula is C22H23FN2O2. The first-order chi connectivity index (χ1) is 13.2. The zero-order chi connectivity index (χ0) is 19.1. The summed E-state index contributed by atoms with van der Waals surface area (Å²) in [5, 5.41) is 6.07. The second-order valence-corrected chi connectivity index (χ2v) is 6.27. The van der Waals surface area contributed by atoms with Gasteiger partial charge in [0.2, 0.25) is 5.91 Å². The Bertz CT molecular complexity index is 861. The quantitative estimate of drug-likeness (QED) is 0.784. The number of halogens is 1. The van der Waals surface area contributed by atoms with Gasteiger partial charge in [-0.05, 0) is 30.7 Å². The third kappa shape index (κ3) is 5.20. The fraction of sp³-hybridized carbons (Fsp3) is 0.227. The van der Waals surface area contributed by atoms with Crippen LogP contribution < -0.4 is 15.4 Å². The van der Waals surface area contributed by atoms with Crippen LogP contribution >= 0.6 is 0 Å². The fourth-order valence-corrected chi connectivity index (χ4v) is 2.92. The van der Waals surface area contributed by atoms with E-state index in [1.807, 2.05) is 49.5 Å². The zero-order valence-electron chi connectivity index (χ0n) is 15.2. The molecule has 1 amide bonds. The Hall–Kier alpha value is -3.08. The van der Waals surface area contributed by atoms with Gasteiger partial charge in [0.1, 0.15) is 11.6 Å². The Morgan fingerprint density at radius 1 is 1.22 bits per heavy atom. The maximum atomic E-state index is 13.2. The number of hydrogen-bond donors (Lipinski definition) is 2. The van der Waals surface area contributed by atoms with Crippen LogP contribution in [0.5, 0.6) is 5.75 Å². The molecular weight excluding hydrogens is 343 g/mol. The van der Waals surface area contributed by atoms with Gasteiger partial charge in [0.25, 0.3) is 0 Å². The van der Waals surface area contributed by atoms with E-state index in [9.17, 15) is 9.18 Å². The molecule has 0 aromatic heterocycles. The van der Waals surface area contributed by atoms with Crippen molar-refractivity contribution in [2.24, 2.45) is 0 Å². The molecule has 4 nitrogen and oxygen atoms in total. The molecule has 0 saturated carbocycles. The highest BCUT2D eigenvalue weighted by Gasteiger charge is 2.15. The standard InChI is InChI=1S/C22H23FN2O2/c1-2-27-21-9-4-3-8-20(21)17-10-11-19(24-15-17)13-22(26)25-14-16-6-5-7-18(23)12-16/h3-12,15,19,24H,2,13-14H2,1H3,(H,25,26). The van der Waals surface area contributed by atoms with Gasteiger partial charge < -0.3 is 15.4 Å². The maximum absolute atomic E-state index is 13.2. The van der Waals surface area contributed by atoms with Crippen molar-refractivity contribution in [3.05, 3.63) is 83.8 Å². The number of nitrogens with one attached hydrogen (secondary N) is 2. The van der Waals surface area contributed by atoms with E-state index in [0.29, 0.717) is 19.6 Å². The van der Waals surface area contributed by atoms with Crippen molar-refractivity contribution in [1.29, 1.82) is 0 Å². The fourth-order valence-electron chi connectivity index (χ4n) is 2.92. The summed E-state index contributed by atoms with van der Waals surface area (Å²) < 4.78 is 18.8. The normalized spacial score (nSPS) is 15.6. The molecule has 5 heteroatoms. The lowest BCUT2D eigenvalue weighted by Crippen LogP contribution is -2.33. The van der Waals surface area contributed by atoms with Crippen LogP contribution in [0.25, 0.3) is 5.57 Å². The molecule has 0 saturated heterocycles. The molecule has 0 aliphatic carbocycles. The second kappa shape index (κ2) is 9.03. The zero-order valence-corrected chi connectivity index (χ0v) is 15.2. The van der Waals surface area contributed by atoms with Gasteiger partial charge in [-0.2, -0.15) is 0 Å². The SMILES string of the molecule is CCOc1ccccc1C1=CNC(CC(=O)NCc2cccc(F)c2)C=C1. The van der Waals surface area contributed by atoms with E-state index >= 15 is 0 Å². The summed E-state index contributed by atoms with van der Waals surface area (Å²) in [5.41, 5.74) is 2.76. The number of benzene rings is 2. The summed E-state index contributed by atoms with van der Waals surface area (Å²) >= 11 is 0. The largest absolute Gasteiger partial charge is 0.493 e. The van der Waals surface area contributed by atoms with Gasteiger partial charge in [-0.3, -0.25) is 4.79 Å². The third-order valence-electron chi connectivity index (χ3n) is 4.24. The number of allylic oxidation sites excluding steroid dienone is 2. The first-order valence-electron chi connectivity index (χ1n) is 9.03. The van der Waals surface area contributed by atoms with Crippen LogP contribution in [0, 0.1) is 5.82 Å². The lowest BCUT2D eigenvalue weighted by Gasteiger charge is -2.20. The molecule has 1 aliphatic heterocycles. The van der Waals surface area contributed by atoms with E-state index in [-0.39, 0.29) is 17.8 Å². The van der Waals surface area contributed by atoms with Crippen LogP contribution in [0.3, 0.4) is 0 Å². The van der Waals surface area contributed by atoms with Crippen molar-refractivity contribution >= 4 is 11.5 Å². The van der Waals surface area contributed by atoms with Gasteiger partial charge in [0.15, 0.2) is 0 Å². The molecule has 27 heavy (non-hydrogen) atoms. The highest BCUT2D eigenvalue weighted by Crippen LogP contribution is 2.28. The van der Waals surface area contributed by atoms with Crippen molar-refractivity contribution in [2.75, 3.05) is 6.61 Å². The van der Waals surface area contributed by atoms with Crippen molar-refractivity contribution in [2.45, 2.75) is 25.9 Å². The van der Waals surface area contributed by atoms with E-state index in [4.69, 9.17) is 4.74 Å². The van der Waals surface area contributed by atoms with E-state index in [1.54, 1.807) is 12.1 Å². The summed E-state index contributed by atoms with van der Waals surface area (Å²) in [7, 11) is 0. The van der Waals surface area contributed by atoms with Crippen LogP contribution in [0.1, 0.15) is 24.5 Å². The van der Waals surface area contributed by atoms with Crippen LogP contribution in [-0.4, -0.2) is 18.6 Å². The van der Waals surface area contributed by atoms with Crippen molar-refractivity contribution < 1.29 is 13.9 Å². The topological polar surface area (TPSA) is 50.4 Å². The summed E-state index contributed by atoms with van der Waals surface area (Å²) in [4.78, 5) is 12.1. The van der Waals surface area contributed by atoms with Crippen molar-refractivity contribution in [3.63, 3.8) is 0 Å². The highest BCUT2D eigenvalue weighted by molar-refractivity contribution is 5.80. The molecule has 140 valence electrons. The molecule has 2 aromatic carbocycles. The van der Waals surface area contributed by atoms with E-state index < -0.39 is 0 Å². The Balaban J connectivity index is 1.53. The summed E-state index contributed by atoms with van der Waals surface area (Å²) in [6, 6.07) is 14.0. The first kappa shape index (κ1) is 18.7. The van der Waals surface area contributed by atoms with Crippen LogP contribution in [0.4, 0.5) is 4.39 Å². The predicted molar refractivity (Wildman–Crippen MR) is 105 cm³/mol. The predicted octanol–water partition coefficient (Wildman–Crippen LogP) is 3.80. The Morgan fingerprint density at radius 2 is 2.07 bits per heavy atom. The van der Waals surface area contributed by atoms with E-state index in [1.165, 1.54) is 12.1 Å². The molecule has 2 aromatic rings. The van der Waals surface area contributed by atoms with E-state index in [2.05, 4.69) is 10.6 Å². The van der Waals surface area contributed by atoms with Crippen molar-refractivity contribution in [1.82, 2.24) is 10.6 Å². The summed E-state index contributed by atoms with van der Waals surface area (Å²) in [6.45, 7) is 2.88. The number of para-hydroxylation sites is 1. The summed E-state index contributed by atoms with van der Waals surface area (Å²) in [6.07, 6.45) is 6.18. The van der Waals surface area contributed by atoms with Gasteiger partial charge in [-0.25, -0.2) is 4.39 Å². The molecule has 1 unspecified atom stereocenters. The van der Waals surface area contributed by atoms with Crippen LogP contribution in [0.15, 0.2) is 66.9 Å². The Labute approximate surface area is 158 Å². The second-order valence-electron chi connectivity index (χ2n) is 6.27. The first-order valence-corrected chi connectivity index (χ1v) is 9.03. The lowest BCUT2D eigenvalue weighted by molar-refractivity contribution is -0.121. The number of carbonyl (C=O) groups excluding carboxylic acids is 1. The van der Waals surface area contributed by atoms with Gasteiger partial charge in [0, 0.05) is 23.9 Å². The number of amides is 1. The molecule has 1 atom stereocenters. The Kier molecular flexibility index (Phi) is 6.26. The van der Waals surface area contributed by atoms with Crippen LogP contribution in [-0.2, 0) is 11.3 Å². The molecule has 2 N–H and O–H groups in total. The number of ether oxygens (including phenoxy) is 1. The van der Waals surface area contributed by atoms with E-state index in [0.717, 1.165) is 22.4 Å². The minimum absolute atomic E-state index is 0.0829. The Morgan fingerprint density at radius 3 is 2.81 bits per heavy atom. The average molecular weight is 366 g/mol. The molecule has 0 bridgehead atoms. The maximum Gasteiger partial charge on any atom is 0.222 e. The molecule has 0 spiro atoms. The van der Waals surface area contributed by atoms with Gasteiger partial charge in [-0.15, -0.1) is 0 Å². The minimum atomic E-state index is -0.302. The molecule has 1 heterocycles. The molecule has 3 rings (SSSR count). The average Bonchev–Trinajstić information content (AvgIpc) is 2.68. The molecule has 0 fully saturated rings. The monoisotopic (exact) mass is 366 g/mol. The van der Waals surface area contributed by atoms with Crippen LogP contribution in [0.2, 0.25) is 0 Å². The molecule has 0 radical (unpaired) electrons. The van der Waals surface area contributed by atoms with Gasteiger partial charge in [-0.1, -0.05) is 42.5 Å². The number of carbonyl (C=O) groups is 1. The number of hydrogen-bond acceptors (Lipinski definition) is 3. The minimum Gasteiger partial charge on any atom is -0.493 e. The molecule has 1 aliphatic rings. The lowest BCUT2D eigenvalue weighted by atomic mass is 10.0. The number of dihydropyridines is 1. The van der Waals surface area contributed by atoms with Gasteiger partial charge >= 0.3 is 0 Å².